The molecule has 39 heavy (non-hydrogen) atoms. The summed E-state index contributed by atoms with van der Waals surface area (Å²) < 4.78 is 5.34. The number of thiophene rings is 1. The van der Waals surface area contributed by atoms with Crippen LogP contribution in [0.25, 0.3) is 0 Å². The number of nitrogens with zero attached hydrogens (tertiary/aromatic N) is 2. The lowest BCUT2D eigenvalue weighted by Gasteiger charge is -2.31. The number of ketones is 1. The molecule has 0 N–H and O–H groups in total. The molecule has 8 nitrogen and oxygen atoms in total. The molecule has 4 atom stereocenters. The minimum absolute atomic E-state index is 0.0566. The molecule has 2 fully saturated rings. The fourth-order valence-electron chi connectivity index (χ4n) is 5.62. The van der Waals surface area contributed by atoms with Crippen molar-refractivity contribution in [3.63, 3.8) is 0 Å². The van der Waals surface area contributed by atoms with E-state index >= 15 is 0 Å². The number of amides is 3. The lowest BCUT2D eigenvalue weighted by molar-refractivity contribution is -0.154. The van der Waals surface area contributed by atoms with Crippen LogP contribution in [0.15, 0.2) is 78.2 Å². The fraction of sp³-hybridized carbons (Fsp3) is 0.207. The number of hydrazine groups is 1. The largest absolute Gasteiger partial charge is 0.422 e. The van der Waals surface area contributed by atoms with Crippen molar-refractivity contribution >= 4 is 52.4 Å². The van der Waals surface area contributed by atoms with E-state index in [2.05, 4.69) is 0 Å². The second kappa shape index (κ2) is 9.91. The first kappa shape index (κ1) is 25.2. The van der Waals surface area contributed by atoms with Crippen molar-refractivity contribution in [2.24, 2.45) is 23.7 Å². The molecule has 1 aromatic heterocycles. The van der Waals surface area contributed by atoms with E-state index in [9.17, 15) is 24.0 Å². The average Bonchev–Trinajstić information content (AvgIpc) is 3.74. The van der Waals surface area contributed by atoms with Gasteiger partial charge in [0.15, 0.2) is 5.78 Å². The van der Waals surface area contributed by atoms with Gasteiger partial charge >= 0.3 is 5.97 Å². The zero-order chi connectivity index (χ0) is 27.3. The molecule has 3 aliphatic rings. The van der Waals surface area contributed by atoms with Crippen LogP contribution in [-0.2, 0) is 9.59 Å². The van der Waals surface area contributed by atoms with E-state index in [-0.39, 0.29) is 33.7 Å². The van der Waals surface area contributed by atoms with Gasteiger partial charge in [0.25, 0.3) is 17.7 Å². The fourth-order valence-corrected chi connectivity index (χ4v) is 6.44. The molecule has 196 valence electrons. The zero-order valence-corrected chi connectivity index (χ0v) is 21.9. The molecule has 2 bridgehead atoms. The number of Topliss-reactive ketones (excluding diaryl/α,β-unsaturated/α-hetero) is 1. The quantitative estimate of drug-likeness (QED) is 0.137. The van der Waals surface area contributed by atoms with E-state index in [4.69, 9.17) is 16.3 Å². The molecule has 0 radical (unpaired) electrons. The van der Waals surface area contributed by atoms with Gasteiger partial charge in [0.2, 0.25) is 0 Å². The Hall–Kier alpha value is -4.08. The minimum atomic E-state index is -0.725. The highest BCUT2D eigenvalue weighted by atomic mass is 35.5. The molecule has 0 spiro atoms. The molecule has 1 saturated heterocycles. The maximum Gasteiger partial charge on any atom is 0.353 e. The molecule has 2 aliphatic carbocycles. The molecule has 1 saturated carbocycles. The summed E-state index contributed by atoms with van der Waals surface area (Å²) >= 11 is 7.52. The van der Waals surface area contributed by atoms with Crippen molar-refractivity contribution in [2.45, 2.75) is 6.42 Å². The van der Waals surface area contributed by atoms with Crippen LogP contribution in [0.1, 0.15) is 36.8 Å². The van der Waals surface area contributed by atoms with E-state index in [0.29, 0.717) is 4.88 Å². The van der Waals surface area contributed by atoms with Gasteiger partial charge in [0, 0.05) is 5.56 Å². The highest BCUT2D eigenvalue weighted by Crippen LogP contribution is 2.52. The Morgan fingerprint density at radius 3 is 2.21 bits per heavy atom. The molecule has 6 rings (SSSR count). The number of hydrogen-bond donors (Lipinski definition) is 0. The standard InChI is InChI=1S/C29H21ClN2O6S/c30-21-5-2-1-4-20(21)26(34)31(32-27(35)24-17-7-8-18(14-17)25(24)28(32)36)15-22(33)16-9-11-19(12-10-16)38-29(37)23-6-3-13-39-23/h1-13,17-18,24-25H,14-15H2/t17-,18-,24+,25+/m0/s1. The monoisotopic (exact) mass is 560 g/mol. The number of rotatable bonds is 7. The van der Waals surface area contributed by atoms with E-state index < -0.39 is 47.9 Å². The molecule has 2 heterocycles. The molecular weight excluding hydrogens is 540 g/mol. The number of carbonyl (C=O) groups is 5. The summed E-state index contributed by atoms with van der Waals surface area (Å²) in [6, 6.07) is 15.5. The van der Waals surface area contributed by atoms with Gasteiger partial charge in [-0.05, 0) is 66.1 Å². The number of ether oxygens (including phenoxy) is 1. The van der Waals surface area contributed by atoms with Gasteiger partial charge in [-0.25, -0.2) is 9.80 Å². The minimum Gasteiger partial charge on any atom is -0.422 e. The first-order chi connectivity index (χ1) is 18.8. The van der Waals surface area contributed by atoms with Crippen molar-refractivity contribution in [1.29, 1.82) is 0 Å². The van der Waals surface area contributed by atoms with E-state index in [1.54, 1.807) is 29.6 Å². The molecule has 10 heteroatoms. The zero-order valence-electron chi connectivity index (χ0n) is 20.4. The molecule has 1 aliphatic heterocycles. The van der Waals surface area contributed by atoms with Crippen LogP contribution in [0.4, 0.5) is 0 Å². The lowest BCUT2D eigenvalue weighted by Crippen LogP contribution is -2.52. The first-order valence-electron chi connectivity index (χ1n) is 12.3. The van der Waals surface area contributed by atoms with Crippen LogP contribution in [0.2, 0.25) is 5.02 Å². The van der Waals surface area contributed by atoms with Crippen molar-refractivity contribution in [2.75, 3.05) is 6.54 Å². The summed E-state index contributed by atoms with van der Waals surface area (Å²) in [6.07, 6.45) is 4.65. The number of imide groups is 1. The third kappa shape index (κ3) is 4.37. The predicted molar refractivity (Wildman–Crippen MR) is 142 cm³/mol. The van der Waals surface area contributed by atoms with Gasteiger partial charge in [-0.3, -0.25) is 19.2 Å². The van der Waals surface area contributed by atoms with E-state index in [1.807, 2.05) is 12.2 Å². The third-order valence-corrected chi connectivity index (χ3v) is 8.61. The number of esters is 1. The Labute approximate surface area is 232 Å². The lowest BCUT2D eigenvalue weighted by atomic mass is 9.85. The Kier molecular flexibility index (Phi) is 6.40. The summed E-state index contributed by atoms with van der Waals surface area (Å²) in [7, 11) is 0. The van der Waals surface area contributed by atoms with Gasteiger partial charge < -0.3 is 4.74 Å². The highest BCUT2D eigenvalue weighted by Gasteiger charge is 2.61. The van der Waals surface area contributed by atoms with Gasteiger partial charge in [0.05, 0.1) is 22.4 Å². The second-order valence-electron chi connectivity index (χ2n) is 9.65. The van der Waals surface area contributed by atoms with Gasteiger partial charge in [0.1, 0.15) is 17.2 Å². The number of allylic oxidation sites excluding steroid dienone is 2. The second-order valence-corrected chi connectivity index (χ2v) is 11.0. The SMILES string of the molecule is O=C(CN(C(=O)c1ccccc1Cl)N1C(=O)[C@H]2[C@H](C1=O)[C@H]1C=C[C@H]2C1)c1ccc(OC(=O)c2cccs2)cc1. The Morgan fingerprint density at radius 1 is 0.923 bits per heavy atom. The Morgan fingerprint density at radius 2 is 1.59 bits per heavy atom. The van der Waals surface area contributed by atoms with E-state index in [1.165, 1.54) is 47.7 Å². The number of carbonyl (C=O) groups excluding carboxylic acids is 5. The van der Waals surface area contributed by atoms with Crippen molar-refractivity contribution in [1.82, 2.24) is 10.0 Å². The number of halogens is 1. The molecule has 3 aromatic rings. The predicted octanol–water partition coefficient (Wildman–Crippen LogP) is 4.67. The van der Waals surface area contributed by atoms with Gasteiger partial charge in [-0.15, -0.1) is 11.3 Å². The van der Waals surface area contributed by atoms with E-state index in [0.717, 1.165) is 16.4 Å². The number of fused-ring (bicyclic) bond motifs is 5. The summed E-state index contributed by atoms with van der Waals surface area (Å²) in [5.74, 6) is -3.66. The van der Waals surface area contributed by atoms with Crippen LogP contribution in [0.5, 0.6) is 5.75 Å². The molecular formula is C29H21ClN2O6S. The summed E-state index contributed by atoms with van der Waals surface area (Å²) in [6.45, 7) is -0.557. The van der Waals surface area contributed by atoms with Crippen LogP contribution in [-0.4, -0.2) is 46.0 Å². The van der Waals surface area contributed by atoms with Crippen LogP contribution < -0.4 is 4.74 Å². The Balaban J connectivity index is 1.26. The first-order valence-corrected chi connectivity index (χ1v) is 13.6. The van der Waals surface area contributed by atoms with Crippen LogP contribution in [0, 0.1) is 23.7 Å². The Bertz CT molecular complexity index is 1500. The van der Waals surface area contributed by atoms with Gasteiger partial charge in [-0.1, -0.05) is 42.0 Å². The van der Waals surface area contributed by atoms with Crippen molar-refractivity contribution in [3.8, 4) is 5.75 Å². The number of benzene rings is 2. The van der Waals surface area contributed by atoms with Crippen LogP contribution in [0.3, 0.4) is 0 Å². The summed E-state index contributed by atoms with van der Waals surface area (Å²) in [4.78, 5) is 66.7. The number of hydrogen-bond acceptors (Lipinski definition) is 7. The maximum atomic E-state index is 13.7. The van der Waals surface area contributed by atoms with Crippen molar-refractivity contribution < 1.29 is 28.7 Å². The molecule has 2 aromatic carbocycles. The average molecular weight is 561 g/mol. The molecule has 0 unspecified atom stereocenters. The normalized spacial score (nSPS) is 22.7. The third-order valence-electron chi connectivity index (χ3n) is 7.43. The van der Waals surface area contributed by atoms with Crippen molar-refractivity contribution in [3.05, 3.63) is 99.2 Å². The van der Waals surface area contributed by atoms with Gasteiger partial charge in [-0.2, -0.15) is 5.01 Å². The highest BCUT2D eigenvalue weighted by molar-refractivity contribution is 7.12. The van der Waals surface area contributed by atoms with Crippen LogP contribution >= 0.6 is 22.9 Å². The summed E-state index contributed by atoms with van der Waals surface area (Å²) in [5.41, 5.74) is 0.283. The smallest absolute Gasteiger partial charge is 0.353 e. The maximum absolute atomic E-state index is 13.7. The molecule has 3 amide bonds. The summed E-state index contributed by atoms with van der Waals surface area (Å²) in [5, 5.41) is 3.66. The topological polar surface area (TPSA) is 101 Å².